The number of aldehydes is 2. The van der Waals surface area contributed by atoms with E-state index < -0.39 is 0 Å². The van der Waals surface area contributed by atoms with Gasteiger partial charge in [-0.15, -0.1) is 0 Å². The summed E-state index contributed by atoms with van der Waals surface area (Å²) in [6.45, 7) is 1.96. The van der Waals surface area contributed by atoms with Gasteiger partial charge in [0, 0.05) is 17.7 Å². The second-order valence-corrected chi connectivity index (χ2v) is 3.89. The van der Waals surface area contributed by atoms with Gasteiger partial charge in [-0.05, 0) is 30.7 Å². The van der Waals surface area contributed by atoms with E-state index in [1.54, 1.807) is 6.20 Å². The van der Waals surface area contributed by atoms with Gasteiger partial charge >= 0.3 is 0 Å². The van der Waals surface area contributed by atoms with E-state index in [0.717, 1.165) is 16.5 Å². The fraction of sp³-hybridized carbons (Fsp3) is 0.0714. The number of carbonyl (C=O) groups excluding carboxylic acids is 2. The molecule has 0 bridgehead atoms. The maximum absolute atomic E-state index is 10.8. The van der Waals surface area contributed by atoms with Gasteiger partial charge in [0.2, 0.25) is 0 Å². The van der Waals surface area contributed by atoms with Crippen molar-refractivity contribution in [1.29, 1.82) is 0 Å². The second kappa shape index (κ2) is 5.23. The molecule has 0 radical (unpaired) electrons. The summed E-state index contributed by atoms with van der Waals surface area (Å²) in [5.74, 6) is 0. The monoisotopic (exact) mass is 240 g/mol. The molecule has 0 fully saturated rings. The van der Waals surface area contributed by atoms with Gasteiger partial charge in [0.25, 0.3) is 0 Å². The van der Waals surface area contributed by atoms with Gasteiger partial charge in [-0.2, -0.15) is 0 Å². The molecule has 0 saturated carbocycles. The molecule has 4 nitrogen and oxygen atoms in total. The zero-order valence-corrected chi connectivity index (χ0v) is 9.88. The molecule has 4 heteroatoms. The quantitative estimate of drug-likeness (QED) is 0.657. The Bertz CT molecular complexity index is 633. The van der Waals surface area contributed by atoms with Crippen molar-refractivity contribution in [2.24, 2.45) is 0 Å². The normalized spacial score (nSPS) is 11.3. The third-order valence-corrected chi connectivity index (χ3v) is 2.50. The van der Waals surface area contributed by atoms with Crippen LogP contribution in [0.1, 0.15) is 5.56 Å². The number of fused-ring (bicyclic) bond motifs is 1. The summed E-state index contributed by atoms with van der Waals surface area (Å²) in [6, 6.07) is 7.70. The molecule has 1 aromatic carbocycles. The Balaban J connectivity index is 2.53. The van der Waals surface area contributed by atoms with E-state index in [0.29, 0.717) is 18.3 Å². The van der Waals surface area contributed by atoms with Crippen molar-refractivity contribution in [1.82, 2.24) is 4.98 Å². The van der Waals surface area contributed by atoms with Crippen molar-refractivity contribution in [3.05, 3.63) is 47.8 Å². The molecule has 18 heavy (non-hydrogen) atoms. The van der Waals surface area contributed by atoms with Gasteiger partial charge in [-0.3, -0.25) is 14.6 Å². The van der Waals surface area contributed by atoms with Gasteiger partial charge in [-0.1, -0.05) is 6.07 Å². The number of benzene rings is 1. The molecule has 0 spiro atoms. The fourth-order valence-electron chi connectivity index (χ4n) is 1.78. The first-order valence-electron chi connectivity index (χ1n) is 5.47. The van der Waals surface area contributed by atoms with Crippen LogP contribution in [0.2, 0.25) is 0 Å². The predicted molar refractivity (Wildman–Crippen MR) is 70.3 cm³/mol. The van der Waals surface area contributed by atoms with E-state index in [2.05, 4.69) is 10.3 Å². The van der Waals surface area contributed by atoms with Crippen molar-refractivity contribution in [2.45, 2.75) is 6.92 Å². The van der Waals surface area contributed by atoms with Crippen LogP contribution >= 0.6 is 0 Å². The van der Waals surface area contributed by atoms with Gasteiger partial charge < -0.3 is 5.32 Å². The van der Waals surface area contributed by atoms with E-state index in [1.165, 1.54) is 6.08 Å². The van der Waals surface area contributed by atoms with Crippen LogP contribution in [0.4, 0.5) is 5.69 Å². The van der Waals surface area contributed by atoms with Crippen LogP contribution in [0.5, 0.6) is 0 Å². The minimum atomic E-state index is 0.211. The SMILES string of the molecule is Cc1cc(N/C(C=O)=C\C=O)c2ncccc2c1. The first-order valence-corrected chi connectivity index (χ1v) is 5.47. The van der Waals surface area contributed by atoms with Gasteiger partial charge in [-0.25, -0.2) is 0 Å². The first kappa shape index (κ1) is 12.0. The number of aromatic nitrogens is 1. The minimum Gasteiger partial charge on any atom is -0.351 e. The van der Waals surface area contributed by atoms with Crippen LogP contribution in [-0.2, 0) is 9.59 Å². The standard InChI is InChI=1S/C14H12N2O2/c1-10-7-11-3-2-5-15-14(11)13(8-10)16-12(9-18)4-6-17/h2-9,16H,1H3/b12-4-. The third kappa shape index (κ3) is 2.43. The lowest BCUT2D eigenvalue weighted by atomic mass is 10.1. The van der Waals surface area contributed by atoms with Crippen LogP contribution in [0.15, 0.2) is 42.2 Å². The van der Waals surface area contributed by atoms with Gasteiger partial charge in [0.05, 0.1) is 16.9 Å². The molecule has 0 aliphatic rings. The van der Waals surface area contributed by atoms with Crippen LogP contribution in [0, 0.1) is 6.92 Å². The molecule has 90 valence electrons. The van der Waals surface area contributed by atoms with Crippen molar-refractivity contribution in [2.75, 3.05) is 5.32 Å². The molecule has 0 saturated heterocycles. The number of nitrogens with zero attached hydrogens (tertiary/aromatic N) is 1. The van der Waals surface area contributed by atoms with E-state index in [-0.39, 0.29) is 5.70 Å². The Morgan fingerprint density at radius 2 is 2.17 bits per heavy atom. The minimum absolute atomic E-state index is 0.211. The molecule has 0 unspecified atom stereocenters. The molecule has 2 rings (SSSR count). The van der Waals surface area contributed by atoms with Crippen LogP contribution < -0.4 is 5.32 Å². The number of anilines is 1. The maximum atomic E-state index is 10.8. The molecule has 2 aromatic rings. The molecule has 1 aromatic heterocycles. The van der Waals surface area contributed by atoms with Crippen LogP contribution in [0.3, 0.4) is 0 Å². The largest absolute Gasteiger partial charge is 0.351 e. The Hall–Kier alpha value is -2.49. The summed E-state index contributed by atoms with van der Waals surface area (Å²) in [6.07, 6.45) is 4.05. The van der Waals surface area contributed by atoms with E-state index in [4.69, 9.17) is 0 Å². The topological polar surface area (TPSA) is 59.1 Å². The average molecular weight is 240 g/mol. The highest BCUT2D eigenvalue weighted by Crippen LogP contribution is 2.24. The number of hydrogen-bond donors (Lipinski definition) is 1. The lowest BCUT2D eigenvalue weighted by Crippen LogP contribution is -2.02. The molecule has 0 amide bonds. The van der Waals surface area contributed by atoms with Crippen molar-refractivity contribution < 1.29 is 9.59 Å². The molecule has 0 aliphatic heterocycles. The number of aryl methyl sites for hydroxylation is 1. The maximum Gasteiger partial charge on any atom is 0.166 e. The zero-order valence-electron chi connectivity index (χ0n) is 9.88. The Morgan fingerprint density at radius 1 is 1.33 bits per heavy atom. The smallest absolute Gasteiger partial charge is 0.166 e. The fourth-order valence-corrected chi connectivity index (χ4v) is 1.78. The highest BCUT2D eigenvalue weighted by Gasteiger charge is 2.04. The number of rotatable bonds is 4. The zero-order chi connectivity index (χ0) is 13.0. The molecule has 0 atom stereocenters. The number of allylic oxidation sites excluding steroid dienone is 2. The lowest BCUT2D eigenvalue weighted by molar-refractivity contribution is -0.106. The van der Waals surface area contributed by atoms with Crippen molar-refractivity contribution in [3.63, 3.8) is 0 Å². The van der Waals surface area contributed by atoms with Crippen molar-refractivity contribution >= 4 is 29.2 Å². The molecular formula is C14H12N2O2. The lowest BCUT2D eigenvalue weighted by Gasteiger charge is -2.09. The van der Waals surface area contributed by atoms with E-state index >= 15 is 0 Å². The van der Waals surface area contributed by atoms with Gasteiger partial charge in [0.15, 0.2) is 6.29 Å². The highest BCUT2D eigenvalue weighted by molar-refractivity contribution is 5.95. The molecular weight excluding hydrogens is 228 g/mol. The Morgan fingerprint density at radius 3 is 2.89 bits per heavy atom. The molecule has 0 aliphatic carbocycles. The summed E-state index contributed by atoms with van der Waals surface area (Å²) in [4.78, 5) is 25.5. The van der Waals surface area contributed by atoms with E-state index in [1.807, 2.05) is 31.2 Å². The second-order valence-electron chi connectivity index (χ2n) is 3.89. The molecule has 1 heterocycles. The number of carbonyl (C=O) groups is 2. The first-order chi connectivity index (χ1) is 8.74. The molecule has 1 N–H and O–H groups in total. The highest BCUT2D eigenvalue weighted by atomic mass is 16.1. The predicted octanol–water partition coefficient (Wildman–Crippen LogP) is 2.24. The Kier molecular flexibility index (Phi) is 3.48. The summed E-state index contributed by atoms with van der Waals surface area (Å²) in [5, 5.41) is 3.90. The van der Waals surface area contributed by atoms with Crippen LogP contribution in [-0.4, -0.2) is 17.6 Å². The number of nitrogens with one attached hydrogen (secondary N) is 1. The Labute approximate surface area is 104 Å². The third-order valence-electron chi connectivity index (χ3n) is 2.50. The summed E-state index contributed by atoms with van der Waals surface area (Å²) < 4.78 is 0. The summed E-state index contributed by atoms with van der Waals surface area (Å²) in [7, 11) is 0. The summed E-state index contributed by atoms with van der Waals surface area (Å²) >= 11 is 0. The van der Waals surface area contributed by atoms with E-state index in [9.17, 15) is 9.59 Å². The van der Waals surface area contributed by atoms with Crippen molar-refractivity contribution in [3.8, 4) is 0 Å². The summed E-state index contributed by atoms with van der Waals surface area (Å²) in [5.41, 5.74) is 2.74. The average Bonchev–Trinajstić information content (AvgIpc) is 2.38. The van der Waals surface area contributed by atoms with Gasteiger partial charge in [0.1, 0.15) is 6.29 Å². The number of pyridine rings is 1. The van der Waals surface area contributed by atoms with Crippen LogP contribution in [0.25, 0.3) is 10.9 Å². The number of hydrogen-bond acceptors (Lipinski definition) is 4.